The molecule has 0 rings (SSSR count). The molecular weight excluding hydrogens is 666 g/mol. The highest BCUT2D eigenvalue weighted by Crippen LogP contribution is 2.09. The van der Waals surface area contributed by atoms with Gasteiger partial charge in [0.25, 0.3) is 0 Å². The number of quaternary nitrogens is 1. The third-order valence-electron chi connectivity index (χ3n) is 7.69. The maximum atomic E-state index is 12.6. The van der Waals surface area contributed by atoms with Gasteiger partial charge < -0.3 is 28.6 Å². The van der Waals surface area contributed by atoms with E-state index in [-0.39, 0.29) is 43.6 Å². The molecule has 0 saturated carbocycles. The van der Waals surface area contributed by atoms with E-state index in [9.17, 15) is 19.5 Å². The van der Waals surface area contributed by atoms with Gasteiger partial charge in [0.1, 0.15) is 12.6 Å². The van der Waals surface area contributed by atoms with Crippen molar-refractivity contribution in [2.24, 2.45) is 0 Å². The van der Waals surface area contributed by atoms with Gasteiger partial charge in [0.15, 0.2) is 6.10 Å². The zero-order chi connectivity index (χ0) is 39.3. The quantitative estimate of drug-likeness (QED) is 0.0295. The Morgan fingerprint density at radius 2 is 1.02 bits per heavy atom. The Morgan fingerprint density at radius 1 is 0.585 bits per heavy atom. The molecule has 0 amide bonds. The number of hydrogen-bond acceptors (Lipinski definition) is 7. The molecule has 2 unspecified atom stereocenters. The first kappa shape index (κ1) is 49.0. The van der Waals surface area contributed by atoms with Gasteiger partial charge in [-0.05, 0) is 70.6 Å². The van der Waals surface area contributed by atoms with Gasteiger partial charge >= 0.3 is 11.9 Å². The van der Waals surface area contributed by atoms with E-state index in [0.717, 1.165) is 64.2 Å². The summed E-state index contributed by atoms with van der Waals surface area (Å²) in [7, 11) is 5.33. The Labute approximate surface area is 321 Å². The van der Waals surface area contributed by atoms with Crippen LogP contribution < -0.4 is 5.11 Å². The fourth-order valence-corrected chi connectivity index (χ4v) is 4.73. The summed E-state index contributed by atoms with van der Waals surface area (Å²) in [5.74, 6) is -1.99. The van der Waals surface area contributed by atoms with Crippen LogP contribution in [0.4, 0.5) is 0 Å². The lowest BCUT2D eigenvalue weighted by atomic mass is 10.1. The first-order valence-corrected chi connectivity index (χ1v) is 19.4. The molecular formula is C45H69NO7. The Bertz CT molecular complexity index is 1230. The number of carboxylic acid groups (broad SMARTS) is 1. The number of aliphatic carboxylic acids is 1. The summed E-state index contributed by atoms with van der Waals surface area (Å²) in [6, 6.07) is -0.753. The molecule has 0 aliphatic rings. The number of allylic oxidation sites excluding steroid dienone is 17. The van der Waals surface area contributed by atoms with Crippen LogP contribution in [0, 0.1) is 0 Å². The van der Waals surface area contributed by atoms with E-state index in [4.69, 9.17) is 14.2 Å². The monoisotopic (exact) mass is 736 g/mol. The second-order valence-electron chi connectivity index (χ2n) is 13.4. The molecule has 0 saturated heterocycles. The molecule has 8 nitrogen and oxygen atoms in total. The van der Waals surface area contributed by atoms with Gasteiger partial charge in [-0.2, -0.15) is 0 Å². The molecule has 0 fully saturated rings. The maximum absolute atomic E-state index is 12.6. The van der Waals surface area contributed by atoms with Crippen molar-refractivity contribution in [3.63, 3.8) is 0 Å². The highest BCUT2D eigenvalue weighted by atomic mass is 16.6. The molecule has 0 N–H and O–H groups in total. The largest absolute Gasteiger partial charge is 0.544 e. The van der Waals surface area contributed by atoms with Crippen molar-refractivity contribution in [2.75, 3.05) is 41.0 Å². The van der Waals surface area contributed by atoms with Crippen LogP contribution in [-0.4, -0.2) is 75.5 Å². The van der Waals surface area contributed by atoms with Crippen molar-refractivity contribution in [2.45, 2.75) is 116 Å². The average molecular weight is 736 g/mol. The van der Waals surface area contributed by atoms with E-state index in [0.29, 0.717) is 6.42 Å². The molecule has 0 spiro atoms. The van der Waals surface area contributed by atoms with E-state index in [1.54, 1.807) is 27.2 Å². The van der Waals surface area contributed by atoms with Crippen molar-refractivity contribution >= 4 is 17.9 Å². The van der Waals surface area contributed by atoms with Gasteiger partial charge in [-0.3, -0.25) is 9.59 Å². The average Bonchev–Trinajstić information content (AvgIpc) is 3.11. The minimum Gasteiger partial charge on any atom is -0.544 e. The normalized spacial score (nSPS) is 14.2. The summed E-state index contributed by atoms with van der Waals surface area (Å²) in [6.07, 6.45) is 47.4. The molecule has 0 aliphatic carbocycles. The summed E-state index contributed by atoms with van der Waals surface area (Å²) in [4.78, 5) is 36.5. The third-order valence-corrected chi connectivity index (χ3v) is 7.69. The second-order valence-corrected chi connectivity index (χ2v) is 13.4. The predicted octanol–water partition coefficient (Wildman–Crippen LogP) is 8.79. The van der Waals surface area contributed by atoms with Crippen molar-refractivity contribution in [3.8, 4) is 0 Å². The van der Waals surface area contributed by atoms with Crippen LogP contribution in [0.15, 0.2) is 109 Å². The number of likely N-dealkylation sites (N-methyl/N-ethyl adjacent to an activating group) is 1. The lowest BCUT2D eigenvalue weighted by Gasteiger charge is -2.34. The van der Waals surface area contributed by atoms with E-state index in [1.807, 2.05) is 12.2 Å². The molecule has 0 aromatic carbocycles. The fraction of sp³-hybridized carbons (Fsp3) is 0.533. The van der Waals surface area contributed by atoms with Gasteiger partial charge in [-0.1, -0.05) is 123 Å². The molecule has 0 aromatic heterocycles. The third kappa shape index (κ3) is 33.6. The summed E-state index contributed by atoms with van der Waals surface area (Å²) in [6.45, 7) is 4.20. The minimum absolute atomic E-state index is 0.0177. The fourth-order valence-electron chi connectivity index (χ4n) is 4.73. The number of nitrogens with zero attached hydrogens (tertiary/aromatic N) is 1. The first-order chi connectivity index (χ1) is 25.6. The molecule has 0 bridgehead atoms. The van der Waals surface area contributed by atoms with Crippen LogP contribution in [0.25, 0.3) is 0 Å². The van der Waals surface area contributed by atoms with Crippen LogP contribution in [0.3, 0.4) is 0 Å². The second kappa shape index (κ2) is 35.0. The van der Waals surface area contributed by atoms with Crippen LogP contribution in [-0.2, 0) is 28.6 Å². The Morgan fingerprint density at radius 3 is 1.45 bits per heavy atom. The first-order valence-electron chi connectivity index (χ1n) is 19.4. The number of unbranched alkanes of at least 4 members (excludes halogenated alkanes) is 1. The van der Waals surface area contributed by atoms with Gasteiger partial charge in [0.05, 0.1) is 46.7 Å². The maximum Gasteiger partial charge on any atom is 0.309 e. The molecule has 2 atom stereocenters. The summed E-state index contributed by atoms with van der Waals surface area (Å²) in [5, 5.41) is 11.6. The molecule has 0 radical (unpaired) electrons. The predicted molar refractivity (Wildman–Crippen MR) is 217 cm³/mol. The van der Waals surface area contributed by atoms with Gasteiger partial charge in [-0.25, -0.2) is 0 Å². The molecule has 53 heavy (non-hydrogen) atoms. The van der Waals surface area contributed by atoms with Gasteiger partial charge in [-0.15, -0.1) is 0 Å². The summed E-state index contributed by atoms with van der Waals surface area (Å²) < 4.78 is 16.9. The van der Waals surface area contributed by atoms with E-state index in [1.165, 1.54) is 0 Å². The van der Waals surface area contributed by atoms with Crippen LogP contribution in [0.5, 0.6) is 0 Å². The van der Waals surface area contributed by atoms with Crippen molar-refractivity contribution < 1.29 is 38.2 Å². The van der Waals surface area contributed by atoms with Crippen molar-refractivity contribution in [1.82, 2.24) is 0 Å². The van der Waals surface area contributed by atoms with Gasteiger partial charge in [0, 0.05) is 12.8 Å². The minimum atomic E-state index is -1.15. The molecule has 0 aliphatic heterocycles. The van der Waals surface area contributed by atoms with Crippen molar-refractivity contribution in [1.29, 1.82) is 0 Å². The lowest BCUT2D eigenvalue weighted by molar-refractivity contribution is -0.889. The highest BCUT2D eigenvalue weighted by molar-refractivity contribution is 5.71. The Balaban J connectivity index is 4.58. The van der Waals surface area contributed by atoms with Crippen LogP contribution >= 0.6 is 0 Å². The smallest absolute Gasteiger partial charge is 0.309 e. The topological polar surface area (TPSA) is 102 Å². The molecule has 296 valence electrons. The number of carbonyl (C=O) groups is 3. The summed E-state index contributed by atoms with van der Waals surface area (Å²) >= 11 is 0. The van der Waals surface area contributed by atoms with Gasteiger partial charge in [0.2, 0.25) is 0 Å². The lowest BCUT2D eigenvalue weighted by Crippen LogP contribution is -2.55. The Hall–Kier alpha value is -4.01. The zero-order valence-electron chi connectivity index (χ0n) is 33.4. The number of rotatable bonds is 32. The van der Waals surface area contributed by atoms with Crippen LogP contribution in [0.2, 0.25) is 0 Å². The highest BCUT2D eigenvalue weighted by Gasteiger charge is 2.25. The molecule has 0 heterocycles. The number of hydrogen-bond donors (Lipinski definition) is 0. The summed E-state index contributed by atoms with van der Waals surface area (Å²) in [5.41, 5.74) is 0. The number of carboxylic acids is 1. The van der Waals surface area contributed by atoms with E-state index in [2.05, 4.69) is 105 Å². The zero-order valence-corrected chi connectivity index (χ0v) is 33.4. The van der Waals surface area contributed by atoms with E-state index < -0.39 is 30.1 Å². The number of ether oxygens (including phenoxy) is 3. The molecule has 8 heteroatoms. The van der Waals surface area contributed by atoms with E-state index >= 15 is 0 Å². The van der Waals surface area contributed by atoms with Crippen LogP contribution in [0.1, 0.15) is 104 Å². The number of esters is 2. The molecule has 0 aromatic rings. The SMILES string of the molecule is CC/C=C/C/C=C/C/C=C/C/C=C/C/C=C/C/C=C/CCCC(=O)OC(COCCC(C(=O)[O-])[N+](C)(C)C)COC(=O)C/C=C/C/C=C/C/C=C/CC. The standard InChI is InChI=1S/C45H69NO7/c1-6-8-10-12-14-16-17-18-19-20-21-22-23-24-25-26-28-30-32-34-36-44(48)53-41(39-51-38-37-42(45(49)50)46(3,4)5)40-52-43(47)35-33-31-29-27-15-13-11-9-7-2/h8-11,14-16,18-19,21-22,24-25,27-28,30-31,33,41-42H,6-7,12-13,17,20,23,26,29,32,34-40H2,1-5H3/b10-8+,11-9+,16-14+,19-18+,22-21+,25-24+,27-15+,30-28+,33-31+. The Kier molecular flexibility index (Phi) is 32.4. The number of carbonyl (C=O) groups excluding carboxylic acids is 3. The van der Waals surface area contributed by atoms with Crippen molar-refractivity contribution in [3.05, 3.63) is 109 Å².